The topological polar surface area (TPSA) is 26.0 Å². The number of rotatable bonds is 4. The summed E-state index contributed by atoms with van der Waals surface area (Å²) in [6, 6.07) is 4.46. The molecule has 0 saturated heterocycles. The highest BCUT2D eigenvalue weighted by molar-refractivity contribution is 8.00. The van der Waals surface area contributed by atoms with Crippen LogP contribution in [0, 0.1) is 6.92 Å². The Morgan fingerprint density at radius 2 is 2.20 bits per heavy atom. The molecular formula is C12H19NS2. The van der Waals surface area contributed by atoms with Crippen LogP contribution >= 0.6 is 23.1 Å². The van der Waals surface area contributed by atoms with E-state index in [1.165, 1.54) is 35.4 Å². The molecule has 1 unspecified atom stereocenters. The van der Waals surface area contributed by atoms with Crippen LogP contribution in [0.5, 0.6) is 0 Å². The van der Waals surface area contributed by atoms with Gasteiger partial charge in [0.1, 0.15) is 0 Å². The van der Waals surface area contributed by atoms with E-state index < -0.39 is 0 Å². The van der Waals surface area contributed by atoms with E-state index in [1.54, 1.807) is 0 Å². The summed E-state index contributed by atoms with van der Waals surface area (Å²) >= 11 is 4.01. The van der Waals surface area contributed by atoms with Gasteiger partial charge in [-0.3, -0.25) is 0 Å². The second kappa shape index (κ2) is 5.37. The summed E-state index contributed by atoms with van der Waals surface area (Å²) in [5.41, 5.74) is 5.88. The summed E-state index contributed by atoms with van der Waals surface area (Å²) in [6.45, 7) is 2.95. The Kier molecular flexibility index (Phi) is 4.12. The van der Waals surface area contributed by atoms with Crippen LogP contribution in [-0.4, -0.2) is 11.8 Å². The van der Waals surface area contributed by atoms with E-state index in [0.717, 1.165) is 11.8 Å². The van der Waals surface area contributed by atoms with Crippen molar-refractivity contribution < 1.29 is 0 Å². The molecule has 15 heavy (non-hydrogen) atoms. The van der Waals surface area contributed by atoms with Gasteiger partial charge in [0.15, 0.2) is 0 Å². The molecule has 1 atom stereocenters. The van der Waals surface area contributed by atoms with Crippen LogP contribution in [0.25, 0.3) is 0 Å². The van der Waals surface area contributed by atoms with Gasteiger partial charge in [-0.05, 0) is 31.9 Å². The first-order valence-electron chi connectivity index (χ1n) is 5.71. The van der Waals surface area contributed by atoms with Gasteiger partial charge in [0.05, 0.1) is 5.25 Å². The molecule has 84 valence electrons. The molecule has 1 aliphatic rings. The first kappa shape index (κ1) is 11.5. The quantitative estimate of drug-likeness (QED) is 0.869. The van der Waals surface area contributed by atoms with Gasteiger partial charge in [-0.15, -0.1) is 23.1 Å². The Balaban J connectivity index is 1.97. The van der Waals surface area contributed by atoms with Gasteiger partial charge in [-0.1, -0.05) is 12.8 Å². The van der Waals surface area contributed by atoms with Crippen molar-refractivity contribution in [1.82, 2.24) is 0 Å². The summed E-state index contributed by atoms with van der Waals surface area (Å²) in [5.74, 6) is 0. The first-order valence-corrected chi connectivity index (χ1v) is 7.47. The minimum Gasteiger partial charge on any atom is -0.329 e. The summed E-state index contributed by atoms with van der Waals surface area (Å²) in [6.07, 6.45) is 5.62. The fourth-order valence-electron chi connectivity index (χ4n) is 2.12. The highest BCUT2D eigenvalue weighted by Crippen LogP contribution is 2.40. The molecule has 2 rings (SSSR count). The smallest absolute Gasteiger partial charge is 0.0516 e. The maximum Gasteiger partial charge on any atom is 0.0516 e. The van der Waals surface area contributed by atoms with E-state index in [0.29, 0.717) is 5.25 Å². The average molecular weight is 241 g/mol. The summed E-state index contributed by atoms with van der Waals surface area (Å²) in [4.78, 5) is 2.86. The molecule has 0 amide bonds. The fourth-order valence-corrected chi connectivity index (χ4v) is 4.70. The molecule has 0 bridgehead atoms. The Labute approximate surface area is 100 Å². The van der Waals surface area contributed by atoms with Crippen molar-refractivity contribution >= 4 is 23.1 Å². The second-order valence-corrected chi connectivity index (χ2v) is 7.04. The lowest BCUT2D eigenvalue weighted by Crippen LogP contribution is -2.11. The highest BCUT2D eigenvalue weighted by atomic mass is 32.2. The van der Waals surface area contributed by atoms with Crippen LogP contribution in [0.4, 0.5) is 0 Å². The third-order valence-corrected chi connectivity index (χ3v) is 5.85. The zero-order chi connectivity index (χ0) is 10.7. The van der Waals surface area contributed by atoms with E-state index in [4.69, 9.17) is 5.73 Å². The predicted molar refractivity (Wildman–Crippen MR) is 70.7 cm³/mol. The molecular weight excluding hydrogens is 222 g/mol. The van der Waals surface area contributed by atoms with Crippen molar-refractivity contribution in [1.29, 1.82) is 0 Å². The molecule has 1 saturated carbocycles. The molecule has 1 heterocycles. The summed E-state index contributed by atoms with van der Waals surface area (Å²) < 4.78 is 0. The van der Waals surface area contributed by atoms with Gasteiger partial charge in [-0.25, -0.2) is 0 Å². The Morgan fingerprint density at radius 1 is 1.47 bits per heavy atom. The van der Waals surface area contributed by atoms with Gasteiger partial charge >= 0.3 is 0 Å². The van der Waals surface area contributed by atoms with Crippen molar-refractivity contribution in [3.05, 3.63) is 21.9 Å². The molecule has 3 heteroatoms. The summed E-state index contributed by atoms with van der Waals surface area (Å²) in [5, 5.41) is 1.40. The van der Waals surface area contributed by atoms with Crippen molar-refractivity contribution in [2.24, 2.45) is 5.73 Å². The number of thiophene rings is 1. The van der Waals surface area contributed by atoms with Crippen molar-refractivity contribution in [3.8, 4) is 0 Å². The van der Waals surface area contributed by atoms with Crippen LogP contribution in [0.3, 0.4) is 0 Å². The fraction of sp³-hybridized carbons (Fsp3) is 0.667. The van der Waals surface area contributed by atoms with Gasteiger partial charge in [0.2, 0.25) is 0 Å². The Bertz CT molecular complexity index is 302. The van der Waals surface area contributed by atoms with Crippen molar-refractivity contribution in [2.75, 3.05) is 6.54 Å². The standard InChI is InChI=1S/C12H19NS2/c1-9-6-7-11(14-9)12(8-13)15-10-4-2-3-5-10/h6-7,10,12H,2-5,8,13H2,1H3. The molecule has 1 fully saturated rings. The molecule has 1 aliphatic carbocycles. The van der Waals surface area contributed by atoms with Crippen LogP contribution in [0.2, 0.25) is 0 Å². The lowest BCUT2D eigenvalue weighted by molar-refractivity contribution is 0.879. The highest BCUT2D eigenvalue weighted by Gasteiger charge is 2.21. The molecule has 0 spiro atoms. The predicted octanol–water partition coefficient (Wildman–Crippen LogP) is 3.73. The number of hydrogen-bond donors (Lipinski definition) is 1. The molecule has 0 aliphatic heterocycles. The number of aryl methyl sites for hydroxylation is 1. The SMILES string of the molecule is Cc1ccc(C(CN)SC2CCCC2)s1. The van der Waals surface area contributed by atoms with E-state index in [-0.39, 0.29) is 0 Å². The monoisotopic (exact) mass is 241 g/mol. The maximum atomic E-state index is 5.88. The maximum absolute atomic E-state index is 5.88. The molecule has 1 aromatic rings. The minimum atomic E-state index is 0.534. The summed E-state index contributed by atoms with van der Waals surface area (Å²) in [7, 11) is 0. The number of thioether (sulfide) groups is 1. The average Bonchev–Trinajstić information content (AvgIpc) is 2.85. The van der Waals surface area contributed by atoms with Crippen LogP contribution in [0.1, 0.15) is 40.7 Å². The molecule has 2 N–H and O–H groups in total. The third kappa shape index (κ3) is 2.99. The molecule has 0 aromatic carbocycles. The lowest BCUT2D eigenvalue weighted by atomic mass is 10.3. The molecule has 1 aromatic heterocycles. The first-order chi connectivity index (χ1) is 7.29. The van der Waals surface area contributed by atoms with Crippen LogP contribution in [-0.2, 0) is 0 Å². The van der Waals surface area contributed by atoms with E-state index in [2.05, 4.69) is 30.8 Å². The third-order valence-electron chi connectivity index (χ3n) is 2.95. The van der Waals surface area contributed by atoms with E-state index in [9.17, 15) is 0 Å². The van der Waals surface area contributed by atoms with Gasteiger partial charge in [-0.2, -0.15) is 0 Å². The van der Waals surface area contributed by atoms with Gasteiger partial charge in [0.25, 0.3) is 0 Å². The minimum absolute atomic E-state index is 0.534. The van der Waals surface area contributed by atoms with Crippen LogP contribution < -0.4 is 5.73 Å². The number of hydrogen-bond acceptors (Lipinski definition) is 3. The lowest BCUT2D eigenvalue weighted by Gasteiger charge is -2.17. The van der Waals surface area contributed by atoms with E-state index >= 15 is 0 Å². The molecule has 1 nitrogen and oxygen atoms in total. The zero-order valence-electron chi connectivity index (χ0n) is 9.24. The van der Waals surface area contributed by atoms with Crippen molar-refractivity contribution in [2.45, 2.75) is 43.1 Å². The zero-order valence-corrected chi connectivity index (χ0v) is 10.9. The van der Waals surface area contributed by atoms with Crippen molar-refractivity contribution in [3.63, 3.8) is 0 Å². The normalized spacial score (nSPS) is 19.6. The van der Waals surface area contributed by atoms with Gasteiger partial charge in [0, 0.05) is 21.5 Å². The largest absolute Gasteiger partial charge is 0.329 e. The Morgan fingerprint density at radius 3 is 2.73 bits per heavy atom. The van der Waals surface area contributed by atoms with Gasteiger partial charge < -0.3 is 5.73 Å². The van der Waals surface area contributed by atoms with E-state index in [1.807, 2.05) is 11.3 Å². The molecule has 0 radical (unpaired) electrons. The van der Waals surface area contributed by atoms with Crippen LogP contribution in [0.15, 0.2) is 12.1 Å². The Hall–Kier alpha value is 0.01000. The number of nitrogens with two attached hydrogens (primary N) is 1. The second-order valence-electron chi connectivity index (χ2n) is 4.22.